The molecule has 0 radical (unpaired) electrons. The van der Waals surface area contributed by atoms with Gasteiger partial charge in [-0.25, -0.2) is 0 Å². The van der Waals surface area contributed by atoms with Crippen molar-refractivity contribution in [3.63, 3.8) is 0 Å². The molecule has 0 amide bonds. The Morgan fingerprint density at radius 3 is 2.41 bits per heavy atom. The van der Waals surface area contributed by atoms with E-state index in [1.165, 1.54) is 31.5 Å². The monoisotopic (exact) mass is 376 g/mol. The first-order valence-corrected chi connectivity index (χ1v) is 9.98. The van der Waals surface area contributed by atoms with E-state index in [0.717, 1.165) is 37.0 Å². The summed E-state index contributed by atoms with van der Waals surface area (Å²) in [6.07, 6.45) is 3.53. The van der Waals surface area contributed by atoms with Gasteiger partial charge in [0.05, 0.1) is 14.2 Å². The maximum Gasteiger partial charge on any atom is 0.191 e. The number of methoxy groups -OCH3 is 2. The number of ether oxygens (including phenoxy) is 2. The number of hydrogen-bond acceptors (Lipinski definition) is 4. The van der Waals surface area contributed by atoms with Gasteiger partial charge in [-0.2, -0.15) is 0 Å². The summed E-state index contributed by atoms with van der Waals surface area (Å²) in [7, 11) is 5.14. The Morgan fingerprint density at radius 2 is 1.81 bits per heavy atom. The average molecular weight is 377 g/mol. The molecule has 1 atom stereocenters. The fourth-order valence-corrected chi connectivity index (χ4v) is 3.64. The summed E-state index contributed by atoms with van der Waals surface area (Å²) in [5.41, 5.74) is 1.20. The number of likely N-dealkylation sites (tertiary alicyclic amines) is 1. The third-order valence-corrected chi connectivity index (χ3v) is 5.24. The lowest BCUT2D eigenvalue weighted by Crippen LogP contribution is -2.48. The fraction of sp³-hybridized carbons (Fsp3) is 0.667. The predicted octanol–water partition coefficient (Wildman–Crippen LogP) is 2.53. The highest BCUT2D eigenvalue weighted by molar-refractivity contribution is 5.79. The fourth-order valence-electron chi connectivity index (χ4n) is 3.64. The van der Waals surface area contributed by atoms with Crippen molar-refractivity contribution in [3.05, 3.63) is 23.8 Å². The number of aliphatic imine (C=N–C) groups is 1. The van der Waals surface area contributed by atoms with Crippen LogP contribution in [0.15, 0.2) is 23.2 Å². The minimum atomic E-state index is 0.553. The van der Waals surface area contributed by atoms with Crippen LogP contribution in [0.2, 0.25) is 0 Å². The molecule has 0 bridgehead atoms. The lowest BCUT2D eigenvalue weighted by molar-refractivity contribution is 0.192. The lowest BCUT2D eigenvalue weighted by atomic mass is 10.0. The van der Waals surface area contributed by atoms with Crippen molar-refractivity contribution in [2.75, 3.05) is 47.4 Å². The summed E-state index contributed by atoms with van der Waals surface area (Å²) in [5, 5.41) is 6.92. The van der Waals surface area contributed by atoms with Crippen molar-refractivity contribution >= 4 is 5.96 Å². The molecule has 2 rings (SSSR count). The molecule has 1 aliphatic rings. The first-order chi connectivity index (χ1) is 13.1. The van der Waals surface area contributed by atoms with Gasteiger partial charge in [-0.1, -0.05) is 19.9 Å². The molecule has 1 fully saturated rings. The van der Waals surface area contributed by atoms with Crippen LogP contribution in [0.3, 0.4) is 0 Å². The van der Waals surface area contributed by atoms with Crippen molar-refractivity contribution in [1.29, 1.82) is 0 Å². The molecule has 1 aromatic rings. The molecule has 1 aromatic carbocycles. The van der Waals surface area contributed by atoms with Crippen LogP contribution >= 0.6 is 0 Å². The quantitative estimate of drug-likeness (QED) is 0.512. The van der Waals surface area contributed by atoms with Crippen LogP contribution in [0.4, 0.5) is 0 Å². The van der Waals surface area contributed by atoms with E-state index in [1.807, 2.05) is 19.2 Å². The molecule has 0 saturated carbocycles. The number of nitrogens with one attached hydrogen (secondary N) is 2. The molecule has 152 valence electrons. The average Bonchev–Trinajstić information content (AvgIpc) is 3.20. The summed E-state index contributed by atoms with van der Waals surface area (Å²) in [5.74, 6) is 3.01. The van der Waals surface area contributed by atoms with Gasteiger partial charge in [-0.05, 0) is 56.0 Å². The van der Waals surface area contributed by atoms with Crippen molar-refractivity contribution in [2.45, 2.75) is 39.2 Å². The molecule has 1 unspecified atom stereocenters. The summed E-state index contributed by atoms with van der Waals surface area (Å²) in [4.78, 5) is 6.98. The van der Waals surface area contributed by atoms with E-state index in [2.05, 4.69) is 40.4 Å². The van der Waals surface area contributed by atoms with Crippen LogP contribution in [0.1, 0.15) is 32.3 Å². The van der Waals surface area contributed by atoms with E-state index in [9.17, 15) is 0 Å². The minimum Gasteiger partial charge on any atom is -0.493 e. The maximum absolute atomic E-state index is 5.38. The first-order valence-electron chi connectivity index (χ1n) is 9.98. The van der Waals surface area contributed by atoms with Gasteiger partial charge in [0, 0.05) is 26.2 Å². The third kappa shape index (κ3) is 6.31. The van der Waals surface area contributed by atoms with Gasteiger partial charge in [0.2, 0.25) is 0 Å². The van der Waals surface area contributed by atoms with E-state index in [0.29, 0.717) is 12.0 Å². The van der Waals surface area contributed by atoms with Gasteiger partial charge >= 0.3 is 0 Å². The van der Waals surface area contributed by atoms with Gasteiger partial charge in [0.25, 0.3) is 0 Å². The minimum absolute atomic E-state index is 0.553. The second kappa shape index (κ2) is 11.0. The summed E-state index contributed by atoms with van der Waals surface area (Å²) < 4.78 is 10.7. The molecule has 1 saturated heterocycles. The second-order valence-corrected chi connectivity index (χ2v) is 7.37. The first kappa shape index (κ1) is 21.4. The molecule has 6 heteroatoms. The molecule has 0 aliphatic carbocycles. The van der Waals surface area contributed by atoms with E-state index < -0.39 is 0 Å². The van der Waals surface area contributed by atoms with E-state index in [1.54, 1.807) is 14.2 Å². The van der Waals surface area contributed by atoms with Gasteiger partial charge in [-0.15, -0.1) is 0 Å². The Morgan fingerprint density at radius 1 is 1.11 bits per heavy atom. The summed E-state index contributed by atoms with van der Waals surface area (Å²) in [6, 6.07) is 6.60. The van der Waals surface area contributed by atoms with Gasteiger partial charge < -0.3 is 20.1 Å². The Labute approximate surface area is 164 Å². The van der Waals surface area contributed by atoms with Crippen LogP contribution in [-0.2, 0) is 6.42 Å². The molecule has 0 aromatic heterocycles. The van der Waals surface area contributed by atoms with Gasteiger partial charge in [0.15, 0.2) is 17.5 Å². The van der Waals surface area contributed by atoms with E-state index >= 15 is 0 Å². The molecule has 0 spiro atoms. The zero-order valence-electron chi connectivity index (χ0n) is 17.5. The zero-order chi connectivity index (χ0) is 19.6. The molecule has 2 N–H and O–H groups in total. The molecule has 27 heavy (non-hydrogen) atoms. The lowest BCUT2D eigenvalue weighted by Gasteiger charge is -2.31. The Hall–Kier alpha value is -1.95. The highest BCUT2D eigenvalue weighted by Crippen LogP contribution is 2.27. The number of nitrogens with zero attached hydrogens (tertiary/aromatic N) is 2. The van der Waals surface area contributed by atoms with Gasteiger partial charge in [-0.3, -0.25) is 9.89 Å². The highest BCUT2D eigenvalue weighted by Gasteiger charge is 2.24. The maximum atomic E-state index is 5.38. The molecular weight excluding hydrogens is 340 g/mol. The van der Waals surface area contributed by atoms with Crippen molar-refractivity contribution < 1.29 is 9.47 Å². The SMILES string of the molecule is CN=C(NCCc1ccc(OC)c(OC)c1)NCC(C(C)C)N1CCCC1. The Bertz CT molecular complexity index is 598. The third-order valence-electron chi connectivity index (χ3n) is 5.24. The number of hydrogen-bond donors (Lipinski definition) is 2. The normalized spacial score (nSPS) is 16.4. The molecule has 6 nitrogen and oxygen atoms in total. The Balaban J connectivity index is 1.81. The smallest absolute Gasteiger partial charge is 0.191 e. The number of benzene rings is 1. The van der Waals surface area contributed by atoms with E-state index in [4.69, 9.17) is 9.47 Å². The van der Waals surface area contributed by atoms with Crippen molar-refractivity contribution in [3.8, 4) is 11.5 Å². The topological polar surface area (TPSA) is 58.1 Å². The van der Waals surface area contributed by atoms with Gasteiger partial charge in [0.1, 0.15) is 0 Å². The molecular formula is C21H36N4O2. The standard InChI is InChI=1S/C21H36N4O2/c1-16(2)18(25-12-6-7-13-25)15-24-21(22-3)23-11-10-17-8-9-19(26-4)20(14-17)27-5/h8-9,14,16,18H,6-7,10-13,15H2,1-5H3,(H2,22,23,24). The highest BCUT2D eigenvalue weighted by atomic mass is 16.5. The van der Waals surface area contributed by atoms with Crippen LogP contribution in [-0.4, -0.2) is 64.3 Å². The number of rotatable bonds is 9. The number of guanidine groups is 1. The second-order valence-electron chi connectivity index (χ2n) is 7.37. The van der Waals surface area contributed by atoms with Crippen LogP contribution in [0.25, 0.3) is 0 Å². The summed E-state index contributed by atoms with van der Waals surface area (Å²) >= 11 is 0. The van der Waals surface area contributed by atoms with Crippen LogP contribution in [0.5, 0.6) is 11.5 Å². The summed E-state index contributed by atoms with van der Waals surface area (Å²) in [6.45, 7) is 8.78. The molecule has 1 heterocycles. The Kier molecular flexibility index (Phi) is 8.72. The largest absolute Gasteiger partial charge is 0.493 e. The van der Waals surface area contributed by atoms with Crippen LogP contribution < -0.4 is 20.1 Å². The van der Waals surface area contributed by atoms with Crippen molar-refractivity contribution in [2.24, 2.45) is 10.9 Å². The van der Waals surface area contributed by atoms with Crippen molar-refractivity contribution in [1.82, 2.24) is 15.5 Å². The van der Waals surface area contributed by atoms with E-state index in [-0.39, 0.29) is 0 Å². The molecule has 1 aliphatic heterocycles. The predicted molar refractivity (Wildman–Crippen MR) is 112 cm³/mol. The zero-order valence-corrected chi connectivity index (χ0v) is 17.5. The van der Waals surface area contributed by atoms with Crippen LogP contribution in [0, 0.1) is 5.92 Å².